The summed E-state index contributed by atoms with van der Waals surface area (Å²) in [6.45, 7) is 4.56. The Morgan fingerprint density at radius 2 is 1.77 bits per heavy atom. The summed E-state index contributed by atoms with van der Waals surface area (Å²) in [5.41, 5.74) is 4.97. The smallest absolute Gasteiger partial charge is 0.224 e. The van der Waals surface area contributed by atoms with E-state index in [1.54, 1.807) is 0 Å². The molecule has 26 heavy (non-hydrogen) atoms. The van der Waals surface area contributed by atoms with Crippen molar-refractivity contribution in [2.75, 3.05) is 6.54 Å². The van der Waals surface area contributed by atoms with Crippen LogP contribution in [-0.4, -0.2) is 22.2 Å². The number of carbonyl (C=O) groups excluding carboxylic acids is 1. The number of nitrogens with zero attached hydrogens (tertiary/aromatic N) is 2. The van der Waals surface area contributed by atoms with Gasteiger partial charge in [0.1, 0.15) is 0 Å². The van der Waals surface area contributed by atoms with Gasteiger partial charge in [-0.25, -0.2) is 4.68 Å². The SMILES string of the molecule is Cc1nn(-c2ccc(Cl)cc2)c(C)c1CC(=O)NCCc1ccccc1. The summed E-state index contributed by atoms with van der Waals surface area (Å²) in [7, 11) is 0. The van der Waals surface area contributed by atoms with Gasteiger partial charge in [0.15, 0.2) is 0 Å². The maximum absolute atomic E-state index is 12.3. The lowest BCUT2D eigenvalue weighted by atomic mass is 10.1. The summed E-state index contributed by atoms with van der Waals surface area (Å²) in [6, 6.07) is 17.7. The minimum Gasteiger partial charge on any atom is -0.355 e. The maximum atomic E-state index is 12.3. The molecule has 0 fully saturated rings. The fraction of sp³-hybridized carbons (Fsp3) is 0.238. The van der Waals surface area contributed by atoms with Crippen molar-refractivity contribution in [2.45, 2.75) is 26.7 Å². The summed E-state index contributed by atoms with van der Waals surface area (Å²) in [5.74, 6) is 0.0165. The molecule has 1 aromatic heterocycles. The molecule has 0 aliphatic rings. The zero-order valence-corrected chi connectivity index (χ0v) is 15.8. The first-order valence-corrected chi connectivity index (χ1v) is 9.04. The van der Waals surface area contributed by atoms with Crippen LogP contribution in [0.25, 0.3) is 5.69 Å². The molecule has 1 heterocycles. The zero-order valence-electron chi connectivity index (χ0n) is 15.0. The number of amides is 1. The van der Waals surface area contributed by atoms with Gasteiger partial charge < -0.3 is 5.32 Å². The number of aromatic nitrogens is 2. The van der Waals surface area contributed by atoms with Crippen LogP contribution < -0.4 is 5.32 Å². The Balaban J connectivity index is 1.64. The predicted octanol–water partition coefficient (Wildman–Crippen LogP) is 4.04. The number of nitrogens with one attached hydrogen (secondary N) is 1. The molecule has 4 nitrogen and oxygen atoms in total. The molecule has 0 radical (unpaired) electrons. The molecule has 2 aromatic carbocycles. The van der Waals surface area contributed by atoms with Gasteiger partial charge in [0.05, 0.1) is 17.8 Å². The van der Waals surface area contributed by atoms with Crippen LogP contribution in [0.15, 0.2) is 54.6 Å². The number of aryl methyl sites for hydroxylation is 1. The van der Waals surface area contributed by atoms with Crippen molar-refractivity contribution < 1.29 is 4.79 Å². The van der Waals surface area contributed by atoms with E-state index in [4.69, 9.17) is 11.6 Å². The average Bonchev–Trinajstić information content (AvgIpc) is 2.91. The van der Waals surface area contributed by atoms with Crippen LogP contribution in [-0.2, 0) is 17.6 Å². The van der Waals surface area contributed by atoms with Crippen molar-refractivity contribution in [1.82, 2.24) is 15.1 Å². The highest BCUT2D eigenvalue weighted by Crippen LogP contribution is 2.20. The molecule has 0 saturated heterocycles. The molecule has 3 aromatic rings. The topological polar surface area (TPSA) is 46.9 Å². The van der Waals surface area contributed by atoms with Gasteiger partial charge in [0, 0.05) is 22.8 Å². The Morgan fingerprint density at radius 3 is 2.46 bits per heavy atom. The number of hydrogen-bond donors (Lipinski definition) is 1. The van der Waals surface area contributed by atoms with Gasteiger partial charge in [-0.3, -0.25) is 4.79 Å². The van der Waals surface area contributed by atoms with E-state index in [1.165, 1.54) is 5.56 Å². The number of halogens is 1. The average molecular weight is 368 g/mol. The van der Waals surface area contributed by atoms with Gasteiger partial charge in [-0.05, 0) is 50.1 Å². The van der Waals surface area contributed by atoms with E-state index in [2.05, 4.69) is 22.5 Å². The summed E-state index contributed by atoms with van der Waals surface area (Å²) < 4.78 is 1.86. The van der Waals surface area contributed by atoms with Crippen LogP contribution in [0, 0.1) is 13.8 Å². The lowest BCUT2D eigenvalue weighted by Gasteiger charge is -2.07. The Kier molecular flexibility index (Phi) is 5.74. The van der Waals surface area contributed by atoms with Crippen molar-refractivity contribution in [3.8, 4) is 5.69 Å². The molecule has 0 aliphatic carbocycles. The fourth-order valence-corrected chi connectivity index (χ4v) is 3.10. The van der Waals surface area contributed by atoms with E-state index in [9.17, 15) is 4.79 Å². The van der Waals surface area contributed by atoms with Crippen molar-refractivity contribution in [2.24, 2.45) is 0 Å². The van der Waals surface area contributed by atoms with Crippen molar-refractivity contribution in [1.29, 1.82) is 0 Å². The molecular weight excluding hydrogens is 346 g/mol. The van der Waals surface area contributed by atoms with E-state index >= 15 is 0 Å². The Hall–Kier alpha value is -2.59. The highest BCUT2D eigenvalue weighted by atomic mass is 35.5. The van der Waals surface area contributed by atoms with Crippen molar-refractivity contribution in [3.63, 3.8) is 0 Å². The summed E-state index contributed by atoms with van der Waals surface area (Å²) in [6.07, 6.45) is 1.16. The third-order valence-corrected chi connectivity index (χ3v) is 4.68. The van der Waals surface area contributed by atoms with E-state index in [0.717, 1.165) is 29.1 Å². The predicted molar refractivity (Wildman–Crippen MR) is 105 cm³/mol. The van der Waals surface area contributed by atoms with E-state index in [1.807, 2.05) is 61.0 Å². The quantitative estimate of drug-likeness (QED) is 0.714. The second kappa shape index (κ2) is 8.19. The first-order valence-electron chi connectivity index (χ1n) is 8.66. The number of hydrogen-bond acceptors (Lipinski definition) is 2. The second-order valence-electron chi connectivity index (χ2n) is 6.30. The summed E-state index contributed by atoms with van der Waals surface area (Å²) in [5, 5.41) is 8.27. The standard InChI is InChI=1S/C21H22ClN3O/c1-15-20(14-21(26)23-13-12-17-6-4-3-5-7-17)16(2)25(24-15)19-10-8-18(22)9-11-19/h3-11H,12-14H2,1-2H3,(H,23,26). The highest BCUT2D eigenvalue weighted by molar-refractivity contribution is 6.30. The second-order valence-corrected chi connectivity index (χ2v) is 6.74. The fourth-order valence-electron chi connectivity index (χ4n) is 2.98. The molecule has 0 unspecified atom stereocenters. The molecule has 134 valence electrons. The third kappa shape index (κ3) is 4.33. The van der Waals surface area contributed by atoms with Gasteiger partial charge in [0.2, 0.25) is 5.91 Å². The molecular formula is C21H22ClN3O. The van der Waals surface area contributed by atoms with Gasteiger partial charge in [0.25, 0.3) is 0 Å². The van der Waals surface area contributed by atoms with Crippen molar-refractivity contribution in [3.05, 3.63) is 82.1 Å². The van der Waals surface area contributed by atoms with Crippen LogP contribution in [0.5, 0.6) is 0 Å². The number of rotatable bonds is 6. The molecule has 0 aliphatic heterocycles. The molecule has 0 bridgehead atoms. The number of benzene rings is 2. The molecule has 0 atom stereocenters. The van der Waals surface area contributed by atoms with E-state index in [-0.39, 0.29) is 5.91 Å². The van der Waals surface area contributed by atoms with Crippen LogP contribution >= 0.6 is 11.6 Å². The molecule has 1 amide bonds. The minimum absolute atomic E-state index is 0.0165. The highest BCUT2D eigenvalue weighted by Gasteiger charge is 2.15. The van der Waals surface area contributed by atoms with Crippen molar-refractivity contribution >= 4 is 17.5 Å². The number of carbonyl (C=O) groups is 1. The van der Waals surface area contributed by atoms with Crippen LogP contribution in [0.2, 0.25) is 5.02 Å². The molecule has 0 spiro atoms. The lowest BCUT2D eigenvalue weighted by molar-refractivity contribution is -0.120. The molecule has 5 heteroatoms. The Morgan fingerprint density at radius 1 is 1.08 bits per heavy atom. The summed E-state index contributed by atoms with van der Waals surface area (Å²) >= 11 is 5.95. The van der Waals surface area contributed by atoms with Gasteiger partial charge in [-0.15, -0.1) is 0 Å². The van der Waals surface area contributed by atoms with Crippen LogP contribution in [0.3, 0.4) is 0 Å². The third-order valence-electron chi connectivity index (χ3n) is 4.43. The summed E-state index contributed by atoms with van der Waals surface area (Å²) in [4.78, 5) is 12.3. The molecule has 3 rings (SSSR count). The zero-order chi connectivity index (χ0) is 18.5. The van der Waals surface area contributed by atoms with E-state index in [0.29, 0.717) is 18.0 Å². The van der Waals surface area contributed by atoms with Gasteiger partial charge in [-0.1, -0.05) is 41.9 Å². The Labute approximate surface area is 158 Å². The van der Waals surface area contributed by atoms with Gasteiger partial charge in [-0.2, -0.15) is 5.10 Å². The largest absolute Gasteiger partial charge is 0.355 e. The first kappa shape index (κ1) is 18.2. The van der Waals surface area contributed by atoms with Crippen LogP contribution in [0.1, 0.15) is 22.5 Å². The minimum atomic E-state index is 0.0165. The van der Waals surface area contributed by atoms with Crippen LogP contribution in [0.4, 0.5) is 0 Å². The first-order chi connectivity index (χ1) is 12.5. The Bertz CT molecular complexity index is 886. The normalized spacial score (nSPS) is 10.7. The molecule has 1 N–H and O–H groups in total. The maximum Gasteiger partial charge on any atom is 0.224 e. The monoisotopic (exact) mass is 367 g/mol. The van der Waals surface area contributed by atoms with E-state index < -0.39 is 0 Å². The van der Waals surface area contributed by atoms with Gasteiger partial charge >= 0.3 is 0 Å². The lowest BCUT2D eigenvalue weighted by Crippen LogP contribution is -2.27. The molecule has 0 saturated carbocycles.